The van der Waals surface area contributed by atoms with E-state index >= 15 is 0 Å². The third-order valence-electron chi connectivity index (χ3n) is 1.17. The summed E-state index contributed by atoms with van der Waals surface area (Å²) in [7, 11) is 1.33. The first-order chi connectivity index (χ1) is 5.24. The fourth-order valence-electron chi connectivity index (χ4n) is 0.663. The van der Waals surface area contributed by atoms with Gasteiger partial charge in [0, 0.05) is 6.20 Å². The van der Waals surface area contributed by atoms with E-state index in [1.54, 1.807) is 12.1 Å². The van der Waals surface area contributed by atoms with Gasteiger partial charge in [0.1, 0.15) is 0 Å². The lowest BCUT2D eigenvalue weighted by atomic mass is 10.3. The van der Waals surface area contributed by atoms with Crippen molar-refractivity contribution in [3.05, 3.63) is 23.9 Å². The Morgan fingerprint density at radius 1 is 1.73 bits per heavy atom. The van der Waals surface area contributed by atoms with Crippen molar-refractivity contribution in [1.29, 1.82) is 0 Å². The molecule has 0 radical (unpaired) electrons. The van der Waals surface area contributed by atoms with Gasteiger partial charge in [-0.15, -0.1) is 12.6 Å². The van der Waals surface area contributed by atoms with Crippen molar-refractivity contribution >= 4 is 18.6 Å². The molecule has 0 saturated heterocycles. The summed E-state index contributed by atoms with van der Waals surface area (Å²) in [5.74, 6) is -0.372. The molecule has 1 heterocycles. The number of aromatic nitrogens is 1. The second-order valence-electron chi connectivity index (χ2n) is 1.89. The van der Waals surface area contributed by atoms with Gasteiger partial charge in [-0.25, -0.2) is 4.79 Å². The number of hydrogen-bond acceptors (Lipinski definition) is 4. The van der Waals surface area contributed by atoms with Crippen LogP contribution in [0.2, 0.25) is 0 Å². The summed E-state index contributed by atoms with van der Waals surface area (Å²) in [4.78, 5) is 14.7. The number of ether oxygens (including phenoxy) is 1. The van der Waals surface area contributed by atoms with Crippen LogP contribution in [0, 0.1) is 0 Å². The van der Waals surface area contributed by atoms with Crippen LogP contribution in [0.15, 0.2) is 23.4 Å². The maximum absolute atomic E-state index is 10.9. The molecule has 0 atom stereocenters. The Morgan fingerprint density at radius 3 is 3.00 bits per heavy atom. The third kappa shape index (κ3) is 1.94. The topological polar surface area (TPSA) is 39.2 Å². The monoisotopic (exact) mass is 169 g/mol. The molecule has 0 aliphatic carbocycles. The maximum Gasteiger partial charge on any atom is 0.337 e. The number of rotatable bonds is 1. The smallest absolute Gasteiger partial charge is 0.337 e. The van der Waals surface area contributed by atoms with E-state index in [0.717, 1.165) is 0 Å². The molecule has 1 aromatic rings. The summed E-state index contributed by atoms with van der Waals surface area (Å²) >= 11 is 3.97. The maximum atomic E-state index is 10.9. The molecule has 0 bridgehead atoms. The van der Waals surface area contributed by atoms with E-state index in [-0.39, 0.29) is 5.97 Å². The first-order valence-electron chi connectivity index (χ1n) is 2.97. The average Bonchev–Trinajstić information content (AvgIpc) is 2.03. The van der Waals surface area contributed by atoms with E-state index < -0.39 is 0 Å². The SMILES string of the molecule is COC(=O)c1ccnc(S)c1. The van der Waals surface area contributed by atoms with Crippen LogP contribution < -0.4 is 0 Å². The minimum absolute atomic E-state index is 0.372. The molecule has 3 nitrogen and oxygen atoms in total. The largest absolute Gasteiger partial charge is 0.465 e. The van der Waals surface area contributed by atoms with Gasteiger partial charge in [-0.3, -0.25) is 4.98 Å². The Hall–Kier alpha value is -1.03. The predicted molar refractivity (Wildman–Crippen MR) is 42.8 cm³/mol. The molecule has 58 valence electrons. The predicted octanol–water partition coefficient (Wildman–Crippen LogP) is 1.16. The Balaban J connectivity index is 2.96. The van der Waals surface area contributed by atoms with Crippen molar-refractivity contribution in [2.45, 2.75) is 5.03 Å². The van der Waals surface area contributed by atoms with Gasteiger partial charge in [0.25, 0.3) is 0 Å². The van der Waals surface area contributed by atoms with Crippen molar-refractivity contribution in [2.75, 3.05) is 7.11 Å². The van der Waals surface area contributed by atoms with Crippen LogP contribution in [0.5, 0.6) is 0 Å². The minimum Gasteiger partial charge on any atom is -0.465 e. The van der Waals surface area contributed by atoms with Crippen molar-refractivity contribution in [2.24, 2.45) is 0 Å². The van der Waals surface area contributed by atoms with E-state index in [4.69, 9.17) is 0 Å². The second-order valence-corrected chi connectivity index (χ2v) is 2.35. The van der Waals surface area contributed by atoms with E-state index in [9.17, 15) is 4.79 Å². The summed E-state index contributed by atoms with van der Waals surface area (Å²) in [6.45, 7) is 0. The minimum atomic E-state index is -0.372. The first kappa shape index (κ1) is 8.07. The summed E-state index contributed by atoms with van der Waals surface area (Å²) in [6, 6.07) is 3.13. The van der Waals surface area contributed by atoms with E-state index in [1.807, 2.05) is 0 Å². The molecular formula is C7H7NO2S. The number of methoxy groups -OCH3 is 1. The van der Waals surface area contributed by atoms with E-state index in [2.05, 4.69) is 22.3 Å². The number of pyridine rings is 1. The highest BCUT2D eigenvalue weighted by Gasteiger charge is 2.03. The number of nitrogens with zero attached hydrogens (tertiary/aromatic N) is 1. The zero-order valence-corrected chi connectivity index (χ0v) is 6.84. The molecule has 0 aromatic carbocycles. The molecule has 11 heavy (non-hydrogen) atoms. The summed E-state index contributed by atoms with van der Waals surface area (Å²) in [6.07, 6.45) is 1.51. The molecule has 0 aliphatic rings. The molecule has 0 spiro atoms. The van der Waals surface area contributed by atoms with Crippen molar-refractivity contribution in [3.63, 3.8) is 0 Å². The highest BCUT2D eigenvalue weighted by Crippen LogP contribution is 2.05. The molecular weight excluding hydrogens is 162 g/mol. The fourth-order valence-corrected chi connectivity index (χ4v) is 0.869. The Kier molecular flexibility index (Phi) is 2.48. The molecule has 0 unspecified atom stereocenters. The van der Waals surface area contributed by atoms with Gasteiger partial charge in [-0.2, -0.15) is 0 Å². The van der Waals surface area contributed by atoms with Gasteiger partial charge in [0.15, 0.2) is 0 Å². The van der Waals surface area contributed by atoms with E-state index in [0.29, 0.717) is 10.6 Å². The Bertz CT molecular complexity index is 275. The van der Waals surface area contributed by atoms with Gasteiger partial charge in [-0.05, 0) is 12.1 Å². The van der Waals surface area contributed by atoms with Gasteiger partial charge in [0.05, 0.1) is 17.7 Å². The van der Waals surface area contributed by atoms with Gasteiger partial charge in [0.2, 0.25) is 0 Å². The number of thiol groups is 1. The molecule has 0 fully saturated rings. The fraction of sp³-hybridized carbons (Fsp3) is 0.143. The quantitative estimate of drug-likeness (QED) is 0.506. The number of carbonyl (C=O) groups is 1. The highest BCUT2D eigenvalue weighted by molar-refractivity contribution is 7.80. The highest BCUT2D eigenvalue weighted by atomic mass is 32.1. The lowest BCUT2D eigenvalue weighted by molar-refractivity contribution is 0.0600. The first-order valence-corrected chi connectivity index (χ1v) is 3.42. The third-order valence-corrected chi connectivity index (χ3v) is 1.41. The number of esters is 1. The van der Waals surface area contributed by atoms with Crippen LogP contribution >= 0.6 is 12.6 Å². The van der Waals surface area contributed by atoms with Crippen molar-refractivity contribution in [1.82, 2.24) is 4.98 Å². The van der Waals surface area contributed by atoms with Crippen LogP contribution in [0.25, 0.3) is 0 Å². The number of carbonyl (C=O) groups excluding carboxylic acids is 1. The molecule has 1 rings (SSSR count). The second kappa shape index (κ2) is 3.39. The zero-order chi connectivity index (χ0) is 8.27. The van der Waals surface area contributed by atoms with Crippen LogP contribution in [-0.2, 0) is 4.74 Å². The van der Waals surface area contributed by atoms with Crippen LogP contribution in [-0.4, -0.2) is 18.1 Å². The molecule has 1 aromatic heterocycles. The van der Waals surface area contributed by atoms with E-state index in [1.165, 1.54) is 13.3 Å². The van der Waals surface area contributed by atoms with Crippen LogP contribution in [0.3, 0.4) is 0 Å². The standard InChI is InChI=1S/C7H7NO2S/c1-10-7(9)5-2-3-8-6(11)4-5/h2-4H,1H3,(H,8,11). The lowest BCUT2D eigenvalue weighted by Crippen LogP contribution is -2.00. The Morgan fingerprint density at radius 2 is 2.45 bits per heavy atom. The summed E-state index contributed by atoms with van der Waals surface area (Å²) in [5, 5.41) is 0.507. The zero-order valence-electron chi connectivity index (χ0n) is 5.94. The lowest BCUT2D eigenvalue weighted by Gasteiger charge is -1.97. The molecule has 0 amide bonds. The Labute approximate surface area is 69.8 Å². The van der Waals surface area contributed by atoms with Crippen molar-refractivity contribution < 1.29 is 9.53 Å². The van der Waals surface area contributed by atoms with Gasteiger partial charge in [-0.1, -0.05) is 0 Å². The van der Waals surface area contributed by atoms with Crippen molar-refractivity contribution in [3.8, 4) is 0 Å². The van der Waals surface area contributed by atoms with Gasteiger partial charge < -0.3 is 4.74 Å². The molecule has 0 aliphatic heterocycles. The summed E-state index contributed by atoms with van der Waals surface area (Å²) < 4.78 is 4.49. The van der Waals surface area contributed by atoms with Crippen LogP contribution in [0.4, 0.5) is 0 Å². The van der Waals surface area contributed by atoms with Crippen LogP contribution in [0.1, 0.15) is 10.4 Å². The molecule has 0 N–H and O–H groups in total. The number of hydrogen-bond donors (Lipinski definition) is 1. The average molecular weight is 169 g/mol. The summed E-state index contributed by atoms with van der Waals surface area (Å²) in [5.41, 5.74) is 0.465. The molecule has 0 saturated carbocycles. The van der Waals surface area contributed by atoms with Gasteiger partial charge >= 0.3 is 5.97 Å². The molecule has 4 heteroatoms. The normalized spacial score (nSPS) is 9.27.